The van der Waals surface area contributed by atoms with Gasteiger partial charge in [0.2, 0.25) is 17.7 Å². The van der Waals surface area contributed by atoms with Gasteiger partial charge in [0, 0.05) is 25.1 Å². The maximum Gasteiger partial charge on any atom is 0.233 e. The molecule has 3 rings (SSSR count). The van der Waals surface area contributed by atoms with Crippen LogP contribution in [0.15, 0.2) is 12.1 Å². The van der Waals surface area contributed by atoms with Crippen LogP contribution in [0.25, 0.3) is 0 Å². The molecule has 0 radical (unpaired) electrons. The molecule has 1 aliphatic carbocycles. The van der Waals surface area contributed by atoms with Gasteiger partial charge < -0.3 is 14.4 Å². The van der Waals surface area contributed by atoms with Crippen molar-refractivity contribution in [3.05, 3.63) is 12.1 Å². The van der Waals surface area contributed by atoms with Gasteiger partial charge in [0.25, 0.3) is 0 Å². The highest BCUT2D eigenvalue weighted by molar-refractivity contribution is 5.76. The molecule has 1 aliphatic heterocycles. The molecule has 1 amide bonds. The van der Waals surface area contributed by atoms with Gasteiger partial charge in [-0.05, 0) is 25.2 Å². The first-order valence-corrected chi connectivity index (χ1v) is 9.07. The Morgan fingerprint density at radius 3 is 2.62 bits per heavy atom. The van der Waals surface area contributed by atoms with Crippen molar-refractivity contribution >= 4 is 5.91 Å². The van der Waals surface area contributed by atoms with Gasteiger partial charge in [-0.3, -0.25) is 4.79 Å². The van der Waals surface area contributed by atoms with Crippen LogP contribution in [0, 0.1) is 5.92 Å². The lowest BCUT2D eigenvalue weighted by Gasteiger charge is -2.32. The highest BCUT2D eigenvalue weighted by Gasteiger charge is 2.26. The van der Waals surface area contributed by atoms with Gasteiger partial charge in [0.1, 0.15) is 6.10 Å². The largest absolute Gasteiger partial charge is 0.480 e. The fraction of sp³-hybridized carbons (Fsp3) is 0.722. The van der Waals surface area contributed by atoms with Crippen molar-refractivity contribution < 1.29 is 14.3 Å². The second kappa shape index (κ2) is 8.31. The highest BCUT2D eigenvalue weighted by atomic mass is 16.5. The number of hydrogen-bond acceptors (Lipinski definition) is 5. The van der Waals surface area contributed by atoms with Crippen LogP contribution >= 0.6 is 0 Å². The standard InChI is InChI=1S/C18H27N3O3/c1-23-16-9-10-17(20-19-16)24-15-7-4-12-21(13-15)18(22)11-8-14-5-2-3-6-14/h9-10,14-15H,2-8,11-13H2,1H3. The number of amides is 1. The molecule has 1 atom stereocenters. The molecule has 1 saturated heterocycles. The van der Waals surface area contributed by atoms with Crippen molar-refractivity contribution in [1.82, 2.24) is 15.1 Å². The zero-order valence-corrected chi connectivity index (χ0v) is 14.4. The van der Waals surface area contributed by atoms with E-state index in [1.165, 1.54) is 25.7 Å². The van der Waals surface area contributed by atoms with Gasteiger partial charge >= 0.3 is 0 Å². The summed E-state index contributed by atoms with van der Waals surface area (Å²) in [5.41, 5.74) is 0. The van der Waals surface area contributed by atoms with Gasteiger partial charge in [0.05, 0.1) is 13.7 Å². The third-order valence-electron chi connectivity index (χ3n) is 5.08. The second-order valence-corrected chi connectivity index (χ2v) is 6.82. The quantitative estimate of drug-likeness (QED) is 0.801. The summed E-state index contributed by atoms with van der Waals surface area (Å²) in [4.78, 5) is 14.4. The second-order valence-electron chi connectivity index (χ2n) is 6.82. The number of nitrogens with zero attached hydrogens (tertiary/aromatic N) is 3. The predicted octanol–water partition coefficient (Wildman–Crippen LogP) is 2.83. The van der Waals surface area contributed by atoms with Crippen molar-refractivity contribution in [1.29, 1.82) is 0 Å². The zero-order chi connectivity index (χ0) is 16.8. The lowest BCUT2D eigenvalue weighted by Crippen LogP contribution is -2.44. The van der Waals surface area contributed by atoms with E-state index in [-0.39, 0.29) is 12.0 Å². The normalized spacial score (nSPS) is 21.7. The summed E-state index contributed by atoms with van der Waals surface area (Å²) >= 11 is 0. The first kappa shape index (κ1) is 17.0. The Bertz CT molecular complexity index is 529. The Labute approximate surface area is 143 Å². The minimum Gasteiger partial charge on any atom is -0.480 e. The fourth-order valence-corrected chi connectivity index (χ4v) is 3.70. The molecule has 2 heterocycles. The monoisotopic (exact) mass is 333 g/mol. The van der Waals surface area contributed by atoms with Crippen molar-refractivity contribution in [2.24, 2.45) is 5.92 Å². The van der Waals surface area contributed by atoms with Gasteiger partial charge in [0.15, 0.2) is 0 Å². The lowest BCUT2D eigenvalue weighted by atomic mass is 10.0. The van der Waals surface area contributed by atoms with Crippen molar-refractivity contribution in [2.45, 2.75) is 57.5 Å². The van der Waals surface area contributed by atoms with Crippen molar-refractivity contribution in [2.75, 3.05) is 20.2 Å². The molecule has 2 aliphatic rings. The average molecular weight is 333 g/mol. The first-order valence-electron chi connectivity index (χ1n) is 9.07. The number of carbonyl (C=O) groups excluding carboxylic acids is 1. The van der Waals surface area contributed by atoms with Crippen LogP contribution in [0.5, 0.6) is 11.8 Å². The average Bonchev–Trinajstić information content (AvgIpc) is 3.14. The maximum absolute atomic E-state index is 12.5. The number of aromatic nitrogens is 2. The van der Waals surface area contributed by atoms with Crippen molar-refractivity contribution in [3.63, 3.8) is 0 Å². The molecule has 6 nitrogen and oxygen atoms in total. The van der Waals surface area contributed by atoms with Gasteiger partial charge in [-0.25, -0.2) is 0 Å². The summed E-state index contributed by atoms with van der Waals surface area (Å²) in [6, 6.07) is 3.49. The van der Waals surface area contributed by atoms with E-state index in [0.717, 1.165) is 31.7 Å². The third-order valence-corrected chi connectivity index (χ3v) is 5.08. The molecule has 1 saturated carbocycles. The summed E-state index contributed by atoms with van der Waals surface area (Å²) < 4.78 is 10.9. The number of piperidine rings is 1. The first-order chi connectivity index (χ1) is 11.7. The van der Waals surface area contributed by atoms with Crippen LogP contribution in [0.4, 0.5) is 0 Å². The van der Waals surface area contributed by atoms with Crippen LogP contribution in [-0.2, 0) is 4.79 Å². The molecule has 1 aromatic heterocycles. The van der Waals surface area contributed by atoms with E-state index in [9.17, 15) is 4.79 Å². The molecule has 0 N–H and O–H groups in total. The summed E-state index contributed by atoms with van der Waals surface area (Å²) in [6.45, 7) is 1.49. The number of likely N-dealkylation sites (tertiary alicyclic amines) is 1. The van der Waals surface area contributed by atoms with Crippen molar-refractivity contribution in [3.8, 4) is 11.8 Å². The molecule has 0 spiro atoms. The van der Waals surface area contributed by atoms with E-state index in [1.54, 1.807) is 19.2 Å². The van der Waals surface area contributed by atoms with Crippen LogP contribution in [0.1, 0.15) is 51.4 Å². The Kier molecular flexibility index (Phi) is 5.88. The summed E-state index contributed by atoms with van der Waals surface area (Å²) in [5, 5.41) is 7.91. The Morgan fingerprint density at radius 1 is 1.17 bits per heavy atom. The zero-order valence-electron chi connectivity index (χ0n) is 14.4. The Balaban J connectivity index is 1.46. The third kappa shape index (κ3) is 4.58. The van der Waals surface area contributed by atoms with Crippen LogP contribution < -0.4 is 9.47 Å². The van der Waals surface area contributed by atoms with Crippen LogP contribution in [0.3, 0.4) is 0 Å². The lowest BCUT2D eigenvalue weighted by molar-refractivity contribution is -0.134. The molecule has 2 fully saturated rings. The number of ether oxygens (including phenoxy) is 2. The van der Waals surface area contributed by atoms with Gasteiger partial charge in [-0.2, -0.15) is 0 Å². The summed E-state index contributed by atoms with van der Waals surface area (Å²) in [6.07, 6.45) is 8.91. The van der Waals surface area contributed by atoms with E-state index in [0.29, 0.717) is 24.7 Å². The summed E-state index contributed by atoms with van der Waals surface area (Å²) in [5.74, 6) is 1.99. The van der Waals surface area contributed by atoms with Crippen LogP contribution in [-0.4, -0.2) is 47.3 Å². The Morgan fingerprint density at radius 2 is 1.92 bits per heavy atom. The van der Waals surface area contributed by atoms with E-state index in [2.05, 4.69) is 10.2 Å². The van der Waals surface area contributed by atoms with Gasteiger partial charge in [-0.15, -0.1) is 10.2 Å². The van der Waals surface area contributed by atoms with E-state index < -0.39 is 0 Å². The molecule has 6 heteroatoms. The smallest absolute Gasteiger partial charge is 0.233 e. The topological polar surface area (TPSA) is 64.6 Å². The number of hydrogen-bond donors (Lipinski definition) is 0. The number of methoxy groups -OCH3 is 1. The maximum atomic E-state index is 12.5. The molecular weight excluding hydrogens is 306 g/mol. The van der Waals surface area contributed by atoms with E-state index in [1.807, 2.05) is 4.90 Å². The molecular formula is C18H27N3O3. The molecule has 132 valence electrons. The minimum absolute atomic E-state index is 0.00289. The molecule has 1 aromatic rings. The van der Waals surface area contributed by atoms with Gasteiger partial charge in [-0.1, -0.05) is 25.7 Å². The van der Waals surface area contributed by atoms with E-state index in [4.69, 9.17) is 9.47 Å². The highest BCUT2D eigenvalue weighted by Crippen LogP contribution is 2.29. The molecule has 1 unspecified atom stereocenters. The van der Waals surface area contributed by atoms with Crippen LogP contribution in [0.2, 0.25) is 0 Å². The number of rotatable bonds is 6. The molecule has 0 aromatic carbocycles. The molecule has 0 bridgehead atoms. The molecule has 24 heavy (non-hydrogen) atoms. The minimum atomic E-state index is -0.00289. The summed E-state index contributed by atoms with van der Waals surface area (Å²) in [7, 11) is 1.56. The number of carbonyl (C=O) groups is 1. The Hall–Kier alpha value is -1.85. The van der Waals surface area contributed by atoms with E-state index >= 15 is 0 Å². The SMILES string of the molecule is COc1ccc(OC2CCCN(C(=O)CCC3CCCC3)C2)nn1. The predicted molar refractivity (Wildman–Crippen MR) is 90.0 cm³/mol. The fourth-order valence-electron chi connectivity index (χ4n) is 3.70.